The van der Waals surface area contributed by atoms with E-state index in [0.717, 1.165) is 25.9 Å². The third-order valence-corrected chi connectivity index (χ3v) is 3.31. The Kier molecular flexibility index (Phi) is 6.35. The van der Waals surface area contributed by atoms with Gasteiger partial charge in [0.15, 0.2) is 0 Å². The second-order valence-corrected chi connectivity index (χ2v) is 5.22. The predicted molar refractivity (Wildman–Crippen MR) is 80.4 cm³/mol. The van der Waals surface area contributed by atoms with Crippen molar-refractivity contribution >= 4 is 11.7 Å². The van der Waals surface area contributed by atoms with Crippen LogP contribution in [0.5, 0.6) is 0 Å². The standard InChI is InChI=1S/C14H22N4O4/c15-11-7-13(19)18-12(17-11)4-5-16-14(20)9-21-8-10-3-1-2-6-22-10/h7,10H,1-6,8-9H2,(H,16,20)(H3,15,17,18,19)/t10-/m1/s1. The van der Waals surface area contributed by atoms with Gasteiger partial charge in [-0.1, -0.05) is 0 Å². The first-order valence-corrected chi connectivity index (χ1v) is 7.45. The lowest BCUT2D eigenvalue weighted by Gasteiger charge is -2.22. The van der Waals surface area contributed by atoms with Gasteiger partial charge in [0.1, 0.15) is 18.2 Å². The summed E-state index contributed by atoms with van der Waals surface area (Å²) in [5.74, 6) is 0.407. The predicted octanol–water partition coefficient (Wildman–Crippen LogP) is -0.404. The number of carbonyl (C=O) groups is 1. The molecule has 122 valence electrons. The summed E-state index contributed by atoms with van der Waals surface area (Å²) in [4.78, 5) is 29.4. The second-order valence-electron chi connectivity index (χ2n) is 5.22. The van der Waals surface area contributed by atoms with Gasteiger partial charge in [-0.3, -0.25) is 9.59 Å². The third kappa shape index (κ3) is 5.82. The Morgan fingerprint density at radius 2 is 2.41 bits per heavy atom. The van der Waals surface area contributed by atoms with E-state index in [9.17, 15) is 9.59 Å². The van der Waals surface area contributed by atoms with Crippen LogP contribution in [0.4, 0.5) is 5.82 Å². The lowest BCUT2D eigenvalue weighted by Crippen LogP contribution is -2.32. The maximum atomic E-state index is 11.6. The lowest BCUT2D eigenvalue weighted by atomic mass is 10.1. The van der Waals surface area contributed by atoms with Crippen LogP contribution in [-0.4, -0.2) is 48.3 Å². The van der Waals surface area contributed by atoms with Crippen molar-refractivity contribution in [2.24, 2.45) is 0 Å². The van der Waals surface area contributed by atoms with Gasteiger partial charge in [-0.05, 0) is 19.3 Å². The molecule has 8 heteroatoms. The molecule has 1 aromatic rings. The molecule has 0 spiro atoms. The quantitative estimate of drug-likeness (QED) is 0.630. The largest absolute Gasteiger partial charge is 0.383 e. The molecule has 8 nitrogen and oxygen atoms in total. The van der Waals surface area contributed by atoms with E-state index in [1.54, 1.807) is 0 Å². The van der Waals surface area contributed by atoms with Crippen LogP contribution in [0.1, 0.15) is 25.1 Å². The number of ether oxygens (including phenoxy) is 2. The number of nitrogens with one attached hydrogen (secondary N) is 2. The van der Waals surface area contributed by atoms with Gasteiger partial charge in [0.2, 0.25) is 5.91 Å². The van der Waals surface area contributed by atoms with Crippen LogP contribution in [0.25, 0.3) is 0 Å². The van der Waals surface area contributed by atoms with Gasteiger partial charge < -0.3 is 25.5 Å². The van der Waals surface area contributed by atoms with E-state index in [1.165, 1.54) is 6.07 Å². The molecule has 1 fully saturated rings. The number of anilines is 1. The first-order chi connectivity index (χ1) is 10.6. The van der Waals surface area contributed by atoms with Crippen molar-refractivity contribution in [1.29, 1.82) is 0 Å². The van der Waals surface area contributed by atoms with Gasteiger partial charge in [-0.15, -0.1) is 0 Å². The molecule has 1 aliphatic heterocycles. The van der Waals surface area contributed by atoms with E-state index in [4.69, 9.17) is 15.2 Å². The van der Waals surface area contributed by atoms with E-state index >= 15 is 0 Å². The van der Waals surface area contributed by atoms with Crippen molar-refractivity contribution < 1.29 is 14.3 Å². The number of H-pyrrole nitrogens is 1. The van der Waals surface area contributed by atoms with Gasteiger partial charge in [0.25, 0.3) is 5.56 Å². The highest BCUT2D eigenvalue weighted by Crippen LogP contribution is 2.12. The van der Waals surface area contributed by atoms with Crippen LogP contribution < -0.4 is 16.6 Å². The Balaban J connectivity index is 1.60. The summed E-state index contributed by atoms with van der Waals surface area (Å²) < 4.78 is 10.9. The summed E-state index contributed by atoms with van der Waals surface area (Å²) in [6, 6.07) is 1.21. The molecule has 0 unspecified atom stereocenters. The molecular weight excluding hydrogens is 288 g/mol. The summed E-state index contributed by atoms with van der Waals surface area (Å²) in [6.45, 7) is 1.57. The first kappa shape index (κ1) is 16.4. The van der Waals surface area contributed by atoms with Crippen LogP contribution in [0.2, 0.25) is 0 Å². The first-order valence-electron chi connectivity index (χ1n) is 7.45. The van der Waals surface area contributed by atoms with Gasteiger partial charge in [0, 0.05) is 25.6 Å². The van der Waals surface area contributed by atoms with Crippen molar-refractivity contribution in [3.8, 4) is 0 Å². The fourth-order valence-electron chi connectivity index (χ4n) is 2.24. The van der Waals surface area contributed by atoms with E-state index in [1.807, 2.05) is 0 Å². The fraction of sp³-hybridized carbons (Fsp3) is 0.643. The van der Waals surface area contributed by atoms with Crippen molar-refractivity contribution in [3.63, 3.8) is 0 Å². The third-order valence-electron chi connectivity index (χ3n) is 3.31. The van der Waals surface area contributed by atoms with E-state index in [0.29, 0.717) is 25.4 Å². The number of amides is 1. The smallest absolute Gasteiger partial charge is 0.252 e. The van der Waals surface area contributed by atoms with Gasteiger partial charge >= 0.3 is 0 Å². The Labute approximate surface area is 128 Å². The lowest BCUT2D eigenvalue weighted by molar-refractivity contribution is -0.127. The monoisotopic (exact) mass is 310 g/mol. The second kappa shape index (κ2) is 8.50. The molecule has 1 saturated heterocycles. The van der Waals surface area contributed by atoms with Crippen molar-refractivity contribution in [3.05, 3.63) is 22.2 Å². The average Bonchev–Trinajstić information content (AvgIpc) is 2.47. The topological polar surface area (TPSA) is 119 Å². The highest BCUT2D eigenvalue weighted by Gasteiger charge is 2.14. The molecule has 0 radical (unpaired) electrons. The van der Waals surface area contributed by atoms with E-state index in [-0.39, 0.29) is 30.0 Å². The molecule has 22 heavy (non-hydrogen) atoms. The summed E-state index contributed by atoms with van der Waals surface area (Å²) in [7, 11) is 0. The maximum absolute atomic E-state index is 11.6. The van der Waals surface area contributed by atoms with E-state index < -0.39 is 0 Å². The summed E-state index contributed by atoms with van der Waals surface area (Å²) in [5.41, 5.74) is 5.18. The minimum Gasteiger partial charge on any atom is -0.383 e. The van der Waals surface area contributed by atoms with Gasteiger partial charge in [0.05, 0.1) is 12.7 Å². The zero-order valence-electron chi connectivity index (χ0n) is 12.5. The molecular formula is C14H22N4O4. The number of rotatable bonds is 7. The molecule has 1 atom stereocenters. The SMILES string of the molecule is Nc1cc(=O)[nH]c(CCNC(=O)COC[C@H]2CCCCO2)n1. The fourth-order valence-corrected chi connectivity index (χ4v) is 2.24. The molecule has 1 aromatic heterocycles. The summed E-state index contributed by atoms with van der Waals surface area (Å²) >= 11 is 0. The number of nitrogens with zero attached hydrogens (tertiary/aromatic N) is 1. The van der Waals surface area contributed by atoms with E-state index in [2.05, 4.69) is 15.3 Å². The normalized spacial score (nSPS) is 18.1. The zero-order valence-corrected chi connectivity index (χ0v) is 12.5. The number of aromatic nitrogens is 2. The molecule has 0 bridgehead atoms. The van der Waals surface area contributed by atoms with Crippen LogP contribution in [-0.2, 0) is 20.7 Å². The Bertz CT molecular complexity index is 540. The molecule has 2 rings (SSSR count). The highest BCUT2D eigenvalue weighted by atomic mass is 16.5. The molecule has 1 amide bonds. The van der Waals surface area contributed by atoms with Crippen LogP contribution >= 0.6 is 0 Å². The number of hydrogen-bond donors (Lipinski definition) is 3. The summed E-state index contributed by atoms with van der Waals surface area (Å²) in [6.07, 6.45) is 3.72. The van der Waals surface area contributed by atoms with Crippen LogP contribution in [0.3, 0.4) is 0 Å². The van der Waals surface area contributed by atoms with Crippen LogP contribution in [0.15, 0.2) is 10.9 Å². The highest BCUT2D eigenvalue weighted by molar-refractivity contribution is 5.77. The number of aromatic amines is 1. The minimum atomic E-state index is -0.301. The van der Waals surface area contributed by atoms with Gasteiger partial charge in [-0.25, -0.2) is 4.98 Å². The molecule has 0 aliphatic carbocycles. The maximum Gasteiger partial charge on any atom is 0.252 e. The van der Waals surface area contributed by atoms with Crippen molar-refractivity contribution in [2.45, 2.75) is 31.8 Å². The number of carbonyl (C=O) groups excluding carboxylic acids is 1. The average molecular weight is 310 g/mol. The molecule has 2 heterocycles. The zero-order chi connectivity index (χ0) is 15.8. The number of hydrogen-bond acceptors (Lipinski definition) is 6. The molecule has 0 aromatic carbocycles. The minimum absolute atomic E-state index is 0.000731. The molecule has 4 N–H and O–H groups in total. The molecule has 0 saturated carbocycles. The Morgan fingerprint density at radius 1 is 1.55 bits per heavy atom. The molecule has 1 aliphatic rings. The van der Waals surface area contributed by atoms with Gasteiger partial charge in [-0.2, -0.15) is 0 Å². The van der Waals surface area contributed by atoms with Crippen molar-refractivity contribution in [2.75, 3.05) is 32.1 Å². The van der Waals surface area contributed by atoms with Crippen molar-refractivity contribution in [1.82, 2.24) is 15.3 Å². The number of nitrogen functional groups attached to an aromatic ring is 1. The van der Waals surface area contributed by atoms with Crippen LogP contribution in [0, 0.1) is 0 Å². The summed E-state index contributed by atoms with van der Waals surface area (Å²) in [5, 5.41) is 2.70. The Morgan fingerprint density at radius 3 is 3.14 bits per heavy atom. The Hall–Kier alpha value is -1.93. The number of nitrogens with two attached hydrogens (primary N) is 1.